The van der Waals surface area contributed by atoms with Gasteiger partial charge in [-0.3, -0.25) is 9.59 Å². The number of carbonyl (C=O) groups excluding carboxylic acids is 2. The smallest absolute Gasteiger partial charge is 0.220 e. The van der Waals surface area contributed by atoms with E-state index in [4.69, 9.17) is 11.6 Å². The molecule has 1 saturated heterocycles. The molecule has 0 bridgehead atoms. The number of amides is 1. The monoisotopic (exact) mass is 215 g/mol. The summed E-state index contributed by atoms with van der Waals surface area (Å²) in [5, 5.41) is 0. The Kier molecular flexibility index (Phi) is 1.94. The first-order chi connectivity index (χ1) is 6.37. The van der Waals surface area contributed by atoms with E-state index in [2.05, 4.69) is 0 Å². The fourth-order valence-corrected chi connectivity index (χ4v) is 3.15. The van der Waals surface area contributed by atoms with E-state index in [0.717, 1.165) is 0 Å². The molecule has 1 aliphatic heterocycles. The summed E-state index contributed by atoms with van der Waals surface area (Å²) >= 11 is 6.23. The second-order valence-electron chi connectivity index (χ2n) is 4.51. The van der Waals surface area contributed by atoms with Crippen LogP contribution >= 0.6 is 11.6 Å². The molecule has 0 spiro atoms. The van der Waals surface area contributed by atoms with Gasteiger partial charge in [-0.25, -0.2) is 0 Å². The lowest BCUT2D eigenvalue weighted by Crippen LogP contribution is -2.44. The molecule has 14 heavy (non-hydrogen) atoms. The van der Waals surface area contributed by atoms with Gasteiger partial charge < -0.3 is 4.90 Å². The highest BCUT2D eigenvalue weighted by Gasteiger charge is 2.70. The zero-order valence-electron chi connectivity index (χ0n) is 8.58. The third-order valence-corrected chi connectivity index (χ3v) is 4.12. The van der Waals surface area contributed by atoms with Gasteiger partial charge in [0.1, 0.15) is 0 Å². The number of likely N-dealkylation sites (tertiary alicyclic amines) is 1. The average Bonchev–Trinajstić information content (AvgIpc) is 2.47. The van der Waals surface area contributed by atoms with Crippen molar-refractivity contribution in [2.45, 2.75) is 31.7 Å². The molecular formula is C10H14ClNO2. The molecule has 4 atom stereocenters. The summed E-state index contributed by atoms with van der Waals surface area (Å²) in [6.07, 6.45) is 0. The largest absolute Gasteiger partial charge is 0.332 e. The average molecular weight is 216 g/mol. The summed E-state index contributed by atoms with van der Waals surface area (Å²) in [5.41, 5.74) is 0. The van der Waals surface area contributed by atoms with Crippen LogP contribution in [0.1, 0.15) is 20.8 Å². The number of alkyl halides is 1. The van der Waals surface area contributed by atoms with Crippen molar-refractivity contribution in [1.82, 2.24) is 4.90 Å². The molecule has 1 amide bonds. The van der Waals surface area contributed by atoms with Gasteiger partial charge in [0.15, 0.2) is 5.78 Å². The number of hydrogen-bond donors (Lipinski definition) is 0. The third-order valence-electron chi connectivity index (χ3n) is 3.59. The van der Waals surface area contributed by atoms with Crippen molar-refractivity contribution in [3.8, 4) is 0 Å². The number of fused-ring (bicyclic) bond motifs is 1. The van der Waals surface area contributed by atoms with Gasteiger partial charge in [-0.05, 0) is 13.8 Å². The molecule has 2 aliphatic rings. The normalized spacial score (nSPS) is 44.9. The summed E-state index contributed by atoms with van der Waals surface area (Å²) in [7, 11) is 0. The van der Waals surface area contributed by atoms with Crippen LogP contribution in [-0.2, 0) is 9.59 Å². The lowest BCUT2D eigenvalue weighted by Gasteiger charge is -2.27. The van der Waals surface area contributed by atoms with Crippen LogP contribution in [0.4, 0.5) is 0 Å². The Morgan fingerprint density at radius 2 is 2.00 bits per heavy atom. The van der Waals surface area contributed by atoms with Crippen molar-refractivity contribution < 1.29 is 9.59 Å². The van der Waals surface area contributed by atoms with Crippen LogP contribution in [0.15, 0.2) is 0 Å². The lowest BCUT2D eigenvalue weighted by molar-refractivity contribution is -0.136. The van der Waals surface area contributed by atoms with E-state index < -0.39 is 0 Å². The zero-order chi connectivity index (χ0) is 10.7. The SMILES string of the molecule is CC(=O)C1[C@@H]2[C@H](CN1C(C)=O)C2(C)Cl. The van der Waals surface area contributed by atoms with Gasteiger partial charge in [0.2, 0.25) is 5.91 Å². The summed E-state index contributed by atoms with van der Waals surface area (Å²) in [6, 6.07) is -0.278. The molecular weight excluding hydrogens is 202 g/mol. The molecule has 0 aromatic rings. The first-order valence-electron chi connectivity index (χ1n) is 4.84. The van der Waals surface area contributed by atoms with Gasteiger partial charge in [-0.15, -0.1) is 11.6 Å². The lowest BCUT2D eigenvalue weighted by atomic mass is 10.1. The van der Waals surface area contributed by atoms with Gasteiger partial charge in [0, 0.05) is 25.3 Å². The molecule has 4 heteroatoms. The second kappa shape index (κ2) is 2.72. The molecule has 1 saturated carbocycles. The Labute approximate surface area is 88.4 Å². The summed E-state index contributed by atoms with van der Waals surface area (Å²) in [5.74, 6) is 0.509. The second-order valence-corrected chi connectivity index (χ2v) is 5.32. The van der Waals surface area contributed by atoms with Gasteiger partial charge in [-0.2, -0.15) is 0 Å². The van der Waals surface area contributed by atoms with Crippen molar-refractivity contribution in [3.63, 3.8) is 0 Å². The van der Waals surface area contributed by atoms with Crippen LogP contribution in [0.25, 0.3) is 0 Å². The van der Waals surface area contributed by atoms with Crippen LogP contribution in [0.3, 0.4) is 0 Å². The summed E-state index contributed by atoms with van der Waals surface area (Å²) < 4.78 is 0. The topological polar surface area (TPSA) is 37.4 Å². The van der Waals surface area contributed by atoms with Crippen molar-refractivity contribution >= 4 is 23.3 Å². The van der Waals surface area contributed by atoms with Gasteiger partial charge in [0.05, 0.1) is 10.9 Å². The van der Waals surface area contributed by atoms with Crippen LogP contribution in [0.2, 0.25) is 0 Å². The first-order valence-corrected chi connectivity index (χ1v) is 5.21. The van der Waals surface area contributed by atoms with E-state index in [1.165, 1.54) is 13.8 Å². The maximum atomic E-state index is 11.4. The first kappa shape index (κ1) is 9.97. The number of rotatable bonds is 1. The van der Waals surface area contributed by atoms with E-state index in [-0.39, 0.29) is 28.5 Å². The Morgan fingerprint density at radius 3 is 2.43 bits per heavy atom. The Balaban J connectivity index is 2.23. The molecule has 0 N–H and O–H groups in total. The van der Waals surface area contributed by atoms with Crippen molar-refractivity contribution in [3.05, 3.63) is 0 Å². The Bertz CT molecular complexity index is 313. The Hall–Kier alpha value is -0.570. The van der Waals surface area contributed by atoms with E-state index in [1.54, 1.807) is 4.90 Å². The molecule has 1 aliphatic carbocycles. The molecule has 78 valence electrons. The predicted octanol–water partition coefficient (Wildman–Crippen LogP) is 1.05. The zero-order valence-corrected chi connectivity index (χ0v) is 9.34. The molecule has 2 rings (SSSR count). The van der Waals surface area contributed by atoms with Crippen LogP contribution < -0.4 is 0 Å². The number of carbonyl (C=O) groups is 2. The molecule has 2 fully saturated rings. The van der Waals surface area contributed by atoms with Gasteiger partial charge in [-0.1, -0.05) is 0 Å². The number of piperidine rings is 1. The van der Waals surface area contributed by atoms with Gasteiger partial charge in [0.25, 0.3) is 0 Å². The van der Waals surface area contributed by atoms with Crippen LogP contribution in [-0.4, -0.2) is 34.1 Å². The van der Waals surface area contributed by atoms with Crippen molar-refractivity contribution in [2.75, 3.05) is 6.54 Å². The summed E-state index contributed by atoms with van der Waals surface area (Å²) in [6.45, 7) is 5.64. The number of Topliss-reactive ketones (excluding diaryl/α,β-unsaturated/α-hetero) is 1. The van der Waals surface area contributed by atoms with E-state index in [9.17, 15) is 9.59 Å². The highest BCUT2D eigenvalue weighted by Crippen LogP contribution is 2.62. The third kappa shape index (κ3) is 1.11. The van der Waals surface area contributed by atoms with Crippen molar-refractivity contribution in [1.29, 1.82) is 0 Å². The quantitative estimate of drug-likeness (QED) is 0.614. The predicted molar refractivity (Wildman–Crippen MR) is 53.1 cm³/mol. The number of ketones is 1. The molecule has 0 aromatic carbocycles. The number of nitrogens with zero attached hydrogens (tertiary/aromatic N) is 1. The van der Waals surface area contributed by atoms with Crippen LogP contribution in [0.5, 0.6) is 0 Å². The molecule has 1 heterocycles. The molecule has 3 nitrogen and oxygen atoms in total. The highest BCUT2D eigenvalue weighted by molar-refractivity contribution is 6.27. The fraction of sp³-hybridized carbons (Fsp3) is 0.800. The van der Waals surface area contributed by atoms with Crippen molar-refractivity contribution in [2.24, 2.45) is 11.8 Å². The molecule has 0 radical (unpaired) electrons. The minimum absolute atomic E-state index is 0.0233. The maximum absolute atomic E-state index is 11.4. The number of halogens is 1. The van der Waals surface area contributed by atoms with E-state index in [0.29, 0.717) is 12.5 Å². The minimum Gasteiger partial charge on any atom is -0.332 e. The maximum Gasteiger partial charge on any atom is 0.220 e. The standard InChI is InChI=1S/C10H14ClNO2/c1-5(13)9-8-7(10(8,3)11)4-12(9)6(2)14/h7-9H,4H2,1-3H3/t7-,8-,9?,10?/m0/s1. The summed E-state index contributed by atoms with van der Waals surface area (Å²) in [4.78, 5) is 24.1. The van der Waals surface area contributed by atoms with E-state index >= 15 is 0 Å². The molecule has 0 aromatic heterocycles. The van der Waals surface area contributed by atoms with Crippen LogP contribution in [0, 0.1) is 11.8 Å². The highest BCUT2D eigenvalue weighted by atomic mass is 35.5. The van der Waals surface area contributed by atoms with Gasteiger partial charge >= 0.3 is 0 Å². The number of hydrogen-bond acceptors (Lipinski definition) is 2. The Morgan fingerprint density at radius 1 is 1.43 bits per heavy atom. The van der Waals surface area contributed by atoms with E-state index in [1.807, 2.05) is 6.92 Å². The fourth-order valence-electron chi connectivity index (χ4n) is 2.74. The minimum atomic E-state index is -0.278. The molecule has 2 unspecified atom stereocenters.